The van der Waals surface area contributed by atoms with Crippen molar-refractivity contribution in [3.05, 3.63) is 35.9 Å². The lowest BCUT2D eigenvalue weighted by Gasteiger charge is -2.04. The van der Waals surface area contributed by atoms with Gasteiger partial charge in [0.15, 0.2) is 5.69 Å². The Morgan fingerprint density at radius 1 is 1.56 bits per heavy atom. The number of esters is 1. The Labute approximate surface area is 105 Å². The fourth-order valence-electron chi connectivity index (χ4n) is 1.80. The number of rotatable bonds is 4. The number of pyridine rings is 1. The molecular formula is C13H13N3O2. The third kappa shape index (κ3) is 2.33. The zero-order chi connectivity index (χ0) is 13.0. The van der Waals surface area contributed by atoms with Crippen molar-refractivity contribution in [2.75, 3.05) is 6.61 Å². The van der Waals surface area contributed by atoms with E-state index in [0.29, 0.717) is 25.3 Å². The molecule has 0 amide bonds. The first-order valence-corrected chi connectivity index (χ1v) is 5.73. The molecule has 0 bridgehead atoms. The Balaban J connectivity index is 2.20. The molecular weight excluding hydrogens is 230 g/mol. The topological polar surface area (TPSA) is 48.5 Å². The van der Waals surface area contributed by atoms with Crippen LogP contribution in [0.2, 0.25) is 0 Å². The van der Waals surface area contributed by atoms with Gasteiger partial charge in [0.2, 0.25) is 0 Å². The van der Waals surface area contributed by atoms with Crippen molar-refractivity contribution in [3.8, 4) is 0 Å². The van der Waals surface area contributed by atoms with E-state index in [1.807, 2.05) is 16.8 Å². The molecule has 0 spiro atoms. The minimum Gasteiger partial charge on any atom is -0.466 e. The number of fused-ring (bicyclic) bond motifs is 1. The highest BCUT2D eigenvalue weighted by atomic mass is 16.5. The number of hydrogen-bond acceptors (Lipinski definition) is 3. The first kappa shape index (κ1) is 12.1. The number of nitrogens with zero attached hydrogens (tertiary/aromatic N) is 3. The van der Waals surface area contributed by atoms with Crippen LogP contribution in [0, 0.1) is 6.57 Å². The largest absolute Gasteiger partial charge is 0.466 e. The summed E-state index contributed by atoms with van der Waals surface area (Å²) >= 11 is 0. The average molecular weight is 243 g/mol. The van der Waals surface area contributed by atoms with Crippen LogP contribution in [0.15, 0.2) is 24.5 Å². The van der Waals surface area contributed by atoms with Gasteiger partial charge in [0.1, 0.15) is 5.65 Å². The summed E-state index contributed by atoms with van der Waals surface area (Å²) in [5.41, 5.74) is 1.31. The maximum absolute atomic E-state index is 11.3. The van der Waals surface area contributed by atoms with Gasteiger partial charge in [0.05, 0.1) is 19.6 Å². The first-order chi connectivity index (χ1) is 8.76. The minimum atomic E-state index is -0.222. The summed E-state index contributed by atoms with van der Waals surface area (Å²) in [4.78, 5) is 19.0. The van der Waals surface area contributed by atoms with E-state index in [0.717, 1.165) is 11.0 Å². The van der Waals surface area contributed by atoms with Crippen molar-refractivity contribution in [2.24, 2.45) is 0 Å². The molecule has 0 fully saturated rings. The van der Waals surface area contributed by atoms with Crippen LogP contribution >= 0.6 is 0 Å². The van der Waals surface area contributed by atoms with Gasteiger partial charge in [0, 0.05) is 24.3 Å². The van der Waals surface area contributed by atoms with Crippen LogP contribution in [0.5, 0.6) is 0 Å². The molecule has 2 heterocycles. The molecule has 0 radical (unpaired) electrons. The van der Waals surface area contributed by atoms with E-state index in [4.69, 9.17) is 11.3 Å². The Morgan fingerprint density at radius 2 is 2.39 bits per heavy atom. The van der Waals surface area contributed by atoms with E-state index in [1.54, 1.807) is 19.2 Å². The van der Waals surface area contributed by atoms with Crippen LogP contribution in [0.4, 0.5) is 5.69 Å². The molecule has 0 aromatic carbocycles. The monoisotopic (exact) mass is 243 g/mol. The fourth-order valence-corrected chi connectivity index (χ4v) is 1.80. The van der Waals surface area contributed by atoms with Gasteiger partial charge in [-0.05, 0) is 19.1 Å². The van der Waals surface area contributed by atoms with Crippen LogP contribution in [0.3, 0.4) is 0 Å². The van der Waals surface area contributed by atoms with Crippen LogP contribution in [-0.2, 0) is 16.1 Å². The van der Waals surface area contributed by atoms with Crippen molar-refractivity contribution in [1.29, 1.82) is 0 Å². The summed E-state index contributed by atoms with van der Waals surface area (Å²) in [5.74, 6) is -0.222. The van der Waals surface area contributed by atoms with E-state index in [9.17, 15) is 4.79 Å². The molecule has 0 saturated carbocycles. The molecule has 0 aliphatic heterocycles. The first-order valence-electron chi connectivity index (χ1n) is 5.73. The number of aryl methyl sites for hydroxylation is 1. The van der Waals surface area contributed by atoms with Gasteiger partial charge in [-0.3, -0.25) is 4.79 Å². The predicted molar refractivity (Wildman–Crippen MR) is 67.2 cm³/mol. The van der Waals surface area contributed by atoms with E-state index in [2.05, 4.69) is 9.83 Å². The molecule has 92 valence electrons. The van der Waals surface area contributed by atoms with Gasteiger partial charge in [-0.25, -0.2) is 9.83 Å². The normalized spacial score (nSPS) is 10.2. The molecule has 5 nitrogen and oxygen atoms in total. The third-order valence-electron chi connectivity index (χ3n) is 2.62. The minimum absolute atomic E-state index is 0.222. The highest BCUT2D eigenvalue weighted by Gasteiger charge is 2.08. The van der Waals surface area contributed by atoms with Crippen molar-refractivity contribution < 1.29 is 9.53 Å². The van der Waals surface area contributed by atoms with Gasteiger partial charge in [-0.1, -0.05) is 0 Å². The summed E-state index contributed by atoms with van der Waals surface area (Å²) < 4.78 is 6.74. The van der Waals surface area contributed by atoms with Crippen molar-refractivity contribution in [2.45, 2.75) is 19.9 Å². The summed E-state index contributed by atoms with van der Waals surface area (Å²) in [7, 11) is 0. The van der Waals surface area contributed by atoms with Crippen LogP contribution in [0.1, 0.15) is 13.3 Å². The number of aromatic nitrogens is 2. The lowest BCUT2D eigenvalue weighted by molar-refractivity contribution is -0.143. The second kappa shape index (κ2) is 5.32. The lowest BCUT2D eigenvalue weighted by Crippen LogP contribution is -2.08. The zero-order valence-corrected chi connectivity index (χ0v) is 10.1. The molecule has 2 aromatic rings. The fraction of sp³-hybridized carbons (Fsp3) is 0.308. The van der Waals surface area contributed by atoms with Gasteiger partial charge < -0.3 is 9.30 Å². The van der Waals surface area contributed by atoms with Gasteiger partial charge >= 0.3 is 5.97 Å². The van der Waals surface area contributed by atoms with E-state index in [-0.39, 0.29) is 5.97 Å². The summed E-state index contributed by atoms with van der Waals surface area (Å²) in [6.45, 7) is 9.76. The maximum Gasteiger partial charge on any atom is 0.307 e. The number of carbonyl (C=O) groups is 1. The third-order valence-corrected chi connectivity index (χ3v) is 2.62. The Kier molecular flexibility index (Phi) is 3.58. The van der Waals surface area contributed by atoms with E-state index in [1.165, 1.54) is 0 Å². The predicted octanol–water partition coefficient (Wildman–Crippen LogP) is 2.54. The molecule has 2 rings (SSSR count). The summed E-state index contributed by atoms with van der Waals surface area (Å²) in [6.07, 6.45) is 3.75. The molecule has 0 N–H and O–H groups in total. The van der Waals surface area contributed by atoms with Crippen LogP contribution < -0.4 is 0 Å². The van der Waals surface area contributed by atoms with E-state index >= 15 is 0 Å². The number of hydrogen-bond donors (Lipinski definition) is 0. The molecule has 0 unspecified atom stereocenters. The van der Waals surface area contributed by atoms with Gasteiger partial charge in [0.25, 0.3) is 0 Å². The average Bonchev–Trinajstić information content (AvgIpc) is 2.79. The quantitative estimate of drug-likeness (QED) is 0.612. The number of ether oxygens (including phenoxy) is 1. The standard InChI is InChI=1S/C13H13N3O2/c1-3-18-12(17)6-9-16-8-5-10-11(14-2)4-7-15-13(10)16/h4-5,7-8H,3,6,9H2,1H3. The molecule has 0 saturated heterocycles. The summed E-state index contributed by atoms with van der Waals surface area (Å²) in [5, 5.41) is 0.816. The molecule has 5 heteroatoms. The van der Waals surface area contributed by atoms with Crippen LogP contribution in [0.25, 0.3) is 15.9 Å². The van der Waals surface area contributed by atoms with Crippen molar-refractivity contribution >= 4 is 22.7 Å². The van der Waals surface area contributed by atoms with Gasteiger partial charge in [-0.15, -0.1) is 0 Å². The molecule has 0 aliphatic carbocycles. The highest BCUT2D eigenvalue weighted by Crippen LogP contribution is 2.25. The van der Waals surface area contributed by atoms with Crippen molar-refractivity contribution in [1.82, 2.24) is 9.55 Å². The SMILES string of the molecule is [C-]#[N+]c1ccnc2c1ccn2CCC(=O)OCC. The summed E-state index contributed by atoms with van der Waals surface area (Å²) in [6, 6.07) is 3.53. The van der Waals surface area contributed by atoms with Crippen LogP contribution in [-0.4, -0.2) is 22.1 Å². The molecule has 0 aliphatic rings. The molecule has 0 atom stereocenters. The molecule has 18 heavy (non-hydrogen) atoms. The number of carbonyl (C=O) groups excluding carboxylic acids is 1. The maximum atomic E-state index is 11.3. The zero-order valence-electron chi connectivity index (χ0n) is 10.1. The second-order valence-corrected chi connectivity index (χ2v) is 3.74. The second-order valence-electron chi connectivity index (χ2n) is 3.74. The van der Waals surface area contributed by atoms with Crippen molar-refractivity contribution in [3.63, 3.8) is 0 Å². The Bertz CT molecular complexity index is 610. The smallest absolute Gasteiger partial charge is 0.307 e. The van der Waals surface area contributed by atoms with Gasteiger partial charge in [-0.2, -0.15) is 0 Å². The highest BCUT2D eigenvalue weighted by molar-refractivity contribution is 5.90. The van der Waals surface area contributed by atoms with E-state index < -0.39 is 0 Å². The lowest BCUT2D eigenvalue weighted by atomic mass is 10.3. The Morgan fingerprint density at radius 3 is 3.11 bits per heavy atom. The Hall–Kier alpha value is -2.35. The molecule has 2 aromatic heterocycles.